The van der Waals surface area contributed by atoms with Crippen LogP contribution in [0.2, 0.25) is 0 Å². The van der Waals surface area contributed by atoms with Crippen LogP contribution in [0.3, 0.4) is 0 Å². The molecule has 0 bridgehead atoms. The highest BCUT2D eigenvalue weighted by molar-refractivity contribution is 5.78. The molecule has 2 rings (SSSR count). The summed E-state index contributed by atoms with van der Waals surface area (Å²) < 4.78 is 45.6. The second-order valence-corrected chi connectivity index (χ2v) is 6.09. The third-order valence-corrected chi connectivity index (χ3v) is 4.20. The first-order chi connectivity index (χ1) is 11.8. The van der Waals surface area contributed by atoms with Gasteiger partial charge in [-0.15, -0.1) is 0 Å². The molecule has 0 aliphatic carbocycles. The number of benzene rings is 1. The zero-order valence-electron chi connectivity index (χ0n) is 14.6. The van der Waals surface area contributed by atoms with Gasteiger partial charge < -0.3 is 20.7 Å². The van der Waals surface area contributed by atoms with Gasteiger partial charge >= 0.3 is 6.18 Å². The molecular weight excluding hydrogens is 333 g/mol. The summed E-state index contributed by atoms with van der Waals surface area (Å²) in [4.78, 5) is 5.94. The number of guanidine groups is 1. The van der Waals surface area contributed by atoms with Crippen molar-refractivity contribution in [2.24, 2.45) is 10.7 Å². The summed E-state index contributed by atoms with van der Waals surface area (Å²) in [5.74, 6) is 0.153. The molecule has 3 N–H and O–H groups in total. The molecule has 0 spiro atoms. The molecule has 1 aliphatic heterocycles. The molecule has 1 fully saturated rings. The molecule has 1 heterocycles. The highest BCUT2D eigenvalue weighted by Gasteiger charge is 2.34. The van der Waals surface area contributed by atoms with Crippen molar-refractivity contribution in [2.75, 3.05) is 31.2 Å². The molecule has 1 aromatic carbocycles. The largest absolute Gasteiger partial charge is 0.416 e. The van der Waals surface area contributed by atoms with E-state index >= 15 is 0 Å². The Morgan fingerprint density at radius 1 is 1.36 bits per heavy atom. The Balaban J connectivity index is 2.20. The highest BCUT2D eigenvalue weighted by Crippen LogP contribution is 2.35. The van der Waals surface area contributed by atoms with Crippen molar-refractivity contribution in [1.82, 2.24) is 5.32 Å². The van der Waals surface area contributed by atoms with Crippen LogP contribution < -0.4 is 16.0 Å². The van der Waals surface area contributed by atoms with E-state index in [9.17, 15) is 13.2 Å². The van der Waals surface area contributed by atoms with E-state index < -0.39 is 11.7 Å². The second kappa shape index (κ2) is 8.42. The molecule has 1 atom stereocenters. The number of morpholine rings is 1. The first-order valence-electron chi connectivity index (χ1n) is 8.40. The Kier molecular flexibility index (Phi) is 6.52. The molecule has 1 saturated heterocycles. The number of aliphatic imine (C=N–C) groups is 1. The van der Waals surface area contributed by atoms with Crippen LogP contribution in [-0.4, -0.2) is 38.3 Å². The number of halogens is 3. The normalized spacial score (nSPS) is 17.5. The van der Waals surface area contributed by atoms with E-state index in [1.165, 1.54) is 12.1 Å². The first-order valence-corrected chi connectivity index (χ1v) is 8.40. The number of hydrogen-bond donors (Lipinski definition) is 2. The Bertz CT molecular complexity index is 598. The average Bonchev–Trinajstić information content (AvgIpc) is 2.59. The number of hydrogen-bond acceptors (Lipinski definition) is 3. The van der Waals surface area contributed by atoms with Crippen LogP contribution in [0, 0.1) is 0 Å². The Hall–Kier alpha value is -1.96. The first kappa shape index (κ1) is 19.4. The minimum absolute atomic E-state index is 0.110. The lowest BCUT2D eigenvalue weighted by atomic mass is 10.1. The quantitative estimate of drug-likeness (QED) is 0.628. The zero-order valence-corrected chi connectivity index (χ0v) is 14.6. The van der Waals surface area contributed by atoms with Crippen molar-refractivity contribution in [3.8, 4) is 0 Å². The summed E-state index contributed by atoms with van der Waals surface area (Å²) in [5.41, 5.74) is 5.73. The molecule has 0 aromatic heterocycles. The number of anilines is 1. The smallest absolute Gasteiger partial charge is 0.378 e. The van der Waals surface area contributed by atoms with E-state index in [1.54, 1.807) is 6.07 Å². The van der Waals surface area contributed by atoms with Gasteiger partial charge in [0.25, 0.3) is 0 Å². The summed E-state index contributed by atoms with van der Waals surface area (Å²) in [6.45, 7) is 6.00. The third-order valence-electron chi connectivity index (χ3n) is 4.20. The van der Waals surface area contributed by atoms with Gasteiger partial charge in [0.2, 0.25) is 0 Å². The molecule has 8 heteroatoms. The van der Waals surface area contributed by atoms with Gasteiger partial charge in [0.05, 0.1) is 25.3 Å². The number of rotatable bonds is 5. The molecule has 1 aliphatic rings. The zero-order chi connectivity index (χ0) is 18.4. The highest BCUT2D eigenvalue weighted by atomic mass is 19.4. The van der Waals surface area contributed by atoms with Crippen molar-refractivity contribution in [1.29, 1.82) is 0 Å². The molecule has 0 amide bonds. The van der Waals surface area contributed by atoms with E-state index in [0.29, 0.717) is 32.0 Å². The van der Waals surface area contributed by atoms with Crippen molar-refractivity contribution in [3.05, 3.63) is 29.3 Å². The maximum atomic E-state index is 13.4. The van der Waals surface area contributed by atoms with Gasteiger partial charge in [-0.25, -0.2) is 4.99 Å². The molecule has 0 radical (unpaired) electrons. The second-order valence-electron chi connectivity index (χ2n) is 6.09. The van der Waals surface area contributed by atoms with Crippen molar-refractivity contribution >= 4 is 11.6 Å². The number of alkyl halides is 3. The lowest BCUT2D eigenvalue weighted by Gasteiger charge is -2.29. The van der Waals surface area contributed by atoms with E-state index in [0.717, 1.165) is 6.42 Å². The molecular formula is C17H25F3N4O. The van der Waals surface area contributed by atoms with Crippen molar-refractivity contribution < 1.29 is 17.9 Å². The summed E-state index contributed by atoms with van der Waals surface area (Å²) in [6, 6.07) is 4.49. The fourth-order valence-corrected chi connectivity index (χ4v) is 2.55. The molecule has 0 unspecified atom stereocenters. The van der Waals surface area contributed by atoms with Crippen LogP contribution in [0.5, 0.6) is 0 Å². The van der Waals surface area contributed by atoms with Gasteiger partial charge in [-0.05, 0) is 31.0 Å². The van der Waals surface area contributed by atoms with Gasteiger partial charge in [-0.3, -0.25) is 0 Å². The van der Waals surface area contributed by atoms with Crippen LogP contribution in [0.25, 0.3) is 0 Å². The maximum absolute atomic E-state index is 13.4. The topological polar surface area (TPSA) is 62.9 Å². The fraction of sp³-hybridized carbons (Fsp3) is 0.588. The molecule has 140 valence electrons. The standard InChI is InChI=1S/C17H25F3N4O/c1-3-12(2)23-16(21)22-11-13-4-5-14(10-15(13)17(18,19)20)24-6-8-25-9-7-24/h4-5,10,12H,3,6-9,11H2,1-2H3,(H3,21,22,23)/t12-/m1/s1. The van der Waals surface area contributed by atoms with Crippen LogP contribution in [0.1, 0.15) is 31.4 Å². The number of nitrogens with zero attached hydrogens (tertiary/aromatic N) is 2. The Morgan fingerprint density at radius 2 is 2.04 bits per heavy atom. The molecule has 25 heavy (non-hydrogen) atoms. The average molecular weight is 358 g/mol. The van der Waals surface area contributed by atoms with E-state index in [4.69, 9.17) is 10.5 Å². The molecule has 1 aromatic rings. The Labute approximate surface area is 146 Å². The van der Waals surface area contributed by atoms with E-state index in [2.05, 4.69) is 10.3 Å². The molecule has 0 saturated carbocycles. The lowest BCUT2D eigenvalue weighted by molar-refractivity contribution is -0.138. The third kappa shape index (κ3) is 5.52. The monoisotopic (exact) mass is 358 g/mol. The number of nitrogens with two attached hydrogens (primary N) is 1. The minimum Gasteiger partial charge on any atom is -0.378 e. The van der Waals surface area contributed by atoms with Crippen LogP contribution in [0.15, 0.2) is 23.2 Å². The van der Waals surface area contributed by atoms with Crippen LogP contribution >= 0.6 is 0 Å². The SMILES string of the molecule is CC[C@@H](C)NC(N)=NCc1ccc(N2CCOCC2)cc1C(F)(F)F. The van der Waals surface area contributed by atoms with Gasteiger partial charge in [0.15, 0.2) is 5.96 Å². The number of ether oxygens (including phenoxy) is 1. The molecule has 5 nitrogen and oxygen atoms in total. The fourth-order valence-electron chi connectivity index (χ4n) is 2.55. The summed E-state index contributed by atoms with van der Waals surface area (Å²) in [5, 5.41) is 2.95. The maximum Gasteiger partial charge on any atom is 0.416 e. The van der Waals surface area contributed by atoms with Crippen molar-refractivity contribution in [3.63, 3.8) is 0 Å². The van der Waals surface area contributed by atoms with Gasteiger partial charge in [0, 0.05) is 24.8 Å². The van der Waals surface area contributed by atoms with Gasteiger partial charge in [-0.1, -0.05) is 13.0 Å². The van der Waals surface area contributed by atoms with Crippen LogP contribution in [0.4, 0.5) is 18.9 Å². The summed E-state index contributed by atoms with van der Waals surface area (Å²) in [7, 11) is 0. The van der Waals surface area contributed by atoms with Gasteiger partial charge in [-0.2, -0.15) is 13.2 Å². The van der Waals surface area contributed by atoms with Gasteiger partial charge in [0.1, 0.15) is 0 Å². The summed E-state index contributed by atoms with van der Waals surface area (Å²) >= 11 is 0. The minimum atomic E-state index is -4.44. The van der Waals surface area contributed by atoms with E-state index in [-0.39, 0.29) is 24.1 Å². The van der Waals surface area contributed by atoms with Crippen LogP contribution in [-0.2, 0) is 17.5 Å². The van der Waals surface area contributed by atoms with Crippen molar-refractivity contribution in [2.45, 2.75) is 39.0 Å². The van der Waals surface area contributed by atoms with E-state index in [1.807, 2.05) is 18.7 Å². The predicted octanol–water partition coefficient (Wildman–Crippen LogP) is 2.74. The Morgan fingerprint density at radius 3 is 2.64 bits per heavy atom. The summed E-state index contributed by atoms with van der Waals surface area (Å²) in [6.07, 6.45) is -3.59. The number of nitrogens with one attached hydrogen (secondary N) is 1. The predicted molar refractivity (Wildman–Crippen MR) is 92.7 cm³/mol. The lowest BCUT2D eigenvalue weighted by Crippen LogP contribution is -2.38.